The van der Waals surface area contributed by atoms with Gasteiger partial charge in [0.15, 0.2) is 0 Å². The van der Waals surface area contributed by atoms with Crippen LogP contribution >= 0.6 is 0 Å². The third-order valence-electron chi connectivity index (χ3n) is 2.58. The molecule has 1 unspecified atom stereocenters. The second kappa shape index (κ2) is 6.85. The Kier molecular flexibility index (Phi) is 5.44. The number of imide groups is 1. The Bertz CT molecular complexity index is 423. The van der Waals surface area contributed by atoms with E-state index in [-0.39, 0.29) is 31.6 Å². The average molecular weight is 286 g/mol. The molecule has 1 atom stereocenters. The van der Waals surface area contributed by atoms with E-state index in [4.69, 9.17) is 5.11 Å². The zero-order valence-electron chi connectivity index (χ0n) is 11.3. The topological polar surface area (TPSA) is 128 Å². The van der Waals surface area contributed by atoms with Gasteiger partial charge in [0.1, 0.15) is 6.04 Å². The van der Waals surface area contributed by atoms with E-state index in [0.717, 1.165) is 0 Å². The summed E-state index contributed by atoms with van der Waals surface area (Å²) < 4.78 is 0. The zero-order valence-corrected chi connectivity index (χ0v) is 11.3. The van der Waals surface area contributed by atoms with Gasteiger partial charge < -0.3 is 15.7 Å². The summed E-state index contributed by atoms with van der Waals surface area (Å²) in [6, 6.07) is -1.76. The molecular weight excluding hydrogens is 268 g/mol. The fourth-order valence-corrected chi connectivity index (χ4v) is 1.75. The van der Waals surface area contributed by atoms with Crippen molar-refractivity contribution in [1.82, 2.24) is 20.9 Å². The minimum Gasteiger partial charge on any atom is -0.480 e. The van der Waals surface area contributed by atoms with Crippen molar-refractivity contribution < 1.29 is 24.3 Å². The van der Waals surface area contributed by atoms with Crippen molar-refractivity contribution in [3.05, 3.63) is 0 Å². The second-order valence-electron chi connectivity index (χ2n) is 4.74. The van der Waals surface area contributed by atoms with Gasteiger partial charge in [0.25, 0.3) is 0 Å². The van der Waals surface area contributed by atoms with Crippen LogP contribution in [0.2, 0.25) is 0 Å². The predicted octanol–water partition coefficient (Wildman–Crippen LogP) is -1.89. The second-order valence-corrected chi connectivity index (χ2v) is 4.74. The molecule has 0 bridgehead atoms. The average Bonchev–Trinajstić information content (AvgIpc) is 2.26. The number of rotatable bonds is 4. The molecule has 20 heavy (non-hydrogen) atoms. The maximum Gasteiger partial charge on any atom is 0.322 e. The van der Waals surface area contributed by atoms with Crippen molar-refractivity contribution in [3.63, 3.8) is 0 Å². The van der Waals surface area contributed by atoms with Gasteiger partial charge in [0.2, 0.25) is 11.8 Å². The van der Waals surface area contributed by atoms with Gasteiger partial charge in [-0.2, -0.15) is 0 Å². The van der Waals surface area contributed by atoms with Crippen molar-refractivity contribution in [2.24, 2.45) is 0 Å². The predicted molar refractivity (Wildman–Crippen MR) is 67.8 cm³/mol. The first-order valence-corrected chi connectivity index (χ1v) is 6.13. The maximum absolute atomic E-state index is 11.6. The molecule has 0 aromatic heterocycles. The van der Waals surface area contributed by atoms with Gasteiger partial charge >= 0.3 is 12.0 Å². The molecule has 0 aromatic rings. The fourth-order valence-electron chi connectivity index (χ4n) is 1.75. The monoisotopic (exact) mass is 286 g/mol. The third-order valence-corrected chi connectivity index (χ3v) is 2.58. The van der Waals surface area contributed by atoms with Crippen molar-refractivity contribution >= 4 is 23.8 Å². The molecular formula is C11H18N4O5. The molecule has 1 heterocycles. The molecule has 0 spiro atoms. The van der Waals surface area contributed by atoms with E-state index in [0.29, 0.717) is 0 Å². The van der Waals surface area contributed by atoms with E-state index >= 15 is 0 Å². The number of nitrogens with zero attached hydrogens (tertiary/aromatic N) is 1. The number of carbonyl (C=O) groups is 4. The molecule has 9 heteroatoms. The minimum atomic E-state index is -1.13. The van der Waals surface area contributed by atoms with Crippen molar-refractivity contribution in [3.8, 4) is 0 Å². The molecule has 0 saturated carbocycles. The van der Waals surface area contributed by atoms with E-state index in [9.17, 15) is 19.2 Å². The summed E-state index contributed by atoms with van der Waals surface area (Å²) in [5, 5.41) is 16.0. The molecule has 1 aliphatic rings. The van der Waals surface area contributed by atoms with E-state index < -0.39 is 23.9 Å². The highest BCUT2D eigenvalue weighted by Gasteiger charge is 2.33. The van der Waals surface area contributed by atoms with Gasteiger partial charge in [-0.05, 0) is 13.8 Å². The lowest BCUT2D eigenvalue weighted by atomic mass is 10.2. The molecule has 4 amide bonds. The lowest BCUT2D eigenvalue weighted by Gasteiger charge is -2.31. The van der Waals surface area contributed by atoms with Crippen molar-refractivity contribution in [2.75, 3.05) is 19.6 Å². The third kappa shape index (κ3) is 4.84. The number of amides is 4. The largest absolute Gasteiger partial charge is 0.480 e. The number of urea groups is 1. The number of carboxylic acids is 1. The zero-order chi connectivity index (χ0) is 15.3. The lowest BCUT2D eigenvalue weighted by molar-refractivity contribution is -0.146. The highest BCUT2D eigenvalue weighted by atomic mass is 16.4. The van der Waals surface area contributed by atoms with Crippen LogP contribution in [0.1, 0.15) is 13.8 Å². The summed E-state index contributed by atoms with van der Waals surface area (Å²) >= 11 is 0. The van der Waals surface area contributed by atoms with E-state index in [1.165, 1.54) is 4.90 Å². The maximum atomic E-state index is 11.6. The van der Waals surface area contributed by atoms with E-state index in [1.807, 2.05) is 0 Å². The summed E-state index contributed by atoms with van der Waals surface area (Å²) in [5.41, 5.74) is 0. The van der Waals surface area contributed by atoms with Crippen LogP contribution in [0, 0.1) is 0 Å². The van der Waals surface area contributed by atoms with Crippen molar-refractivity contribution in [2.45, 2.75) is 25.9 Å². The highest BCUT2D eigenvalue weighted by molar-refractivity contribution is 5.96. The molecule has 0 radical (unpaired) electrons. The molecule has 1 saturated heterocycles. The Morgan fingerprint density at radius 2 is 2.10 bits per heavy atom. The molecule has 1 fully saturated rings. The molecule has 112 valence electrons. The first-order chi connectivity index (χ1) is 9.29. The Morgan fingerprint density at radius 1 is 1.45 bits per heavy atom. The number of hydrogen-bond donors (Lipinski definition) is 4. The molecule has 4 N–H and O–H groups in total. The van der Waals surface area contributed by atoms with Crippen LogP contribution in [-0.2, 0) is 14.4 Å². The smallest absolute Gasteiger partial charge is 0.322 e. The van der Waals surface area contributed by atoms with Crippen molar-refractivity contribution in [1.29, 1.82) is 0 Å². The number of piperazine rings is 1. The van der Waals surface area contributed by atoms with Crippen LogP contribution in [0.15, 0.2) is 0 Å². The first-order valence-electron chi connectivity index (χ1n) is 6.13. The van der Waals surface area contributed by atoms with E-state index in [2.05, 4.69) is 16.0 Å². The van der Waals surface area contributed by atoms with Gasteiger partial charge in [-0.1, -0.05) is 0 Å². The summed E-state index contributed by atoms with van der Waals surface area (Å²) in [6.45, 7) is 2.87. The van der Waals surface area contributed by atoms with Gasteiger partial charge in [-0.15, -0.1) is 0 Å². The van der Waals surface area contributed by atoms with Gasteiger partial charge in [0.05, 0.1) is 13.1 Å². The first kappa shape index (κ1) is 15.9. The number of carbonyl (C=O) groups excluding carboxylic acids is 3. The molecule has 0 aromatic carbocycles. The number of aliphatic carboxylic acids is 1. The van der Waals surface area contributed by atoms with Crippen LogP contribution in [0.4, 0.5) is 4.79 Å². The Morgan fingerprint density at radius 3 is 2.65 bits per heavy atom. The lowest BCUT2D eigenvalue weighted by Crippen LogP contribution is -2.59. The Balaban J connectivity index is 2.55. The fraction of sp³-hybridized carbons (Fsp3) is 0.636. The Labute approximate surface area is 115 Å². The van der Waals surface area contributed by atoms with Gasteiger partial charge in [-0.25, -0.2) is 4.79 Å². The minimum absolute atomic E-state index is 0.0698. The standard InChI is InChI=1S/C11H18N4O5/c1-6(2)13-11(20)14-9(17)5-15-4-8(16)12-3-7(15)10(18)19/h6-7H,3-5H2,1-2H3,(H,12,16)(H,18,19)(H2,13,14,17,20). The number of nitrogens with one attached hydrogen (secondary N) is 3. The summed E-state index contributed by atoms with van der Waals surface area (Å²) in [7, 11) is 0. The normalized spacial score (nSPS) is 19.4. The van der Waals surface area contributed by atoms with Crippen LogP contribution in [0.5, 0.6) is 0 Å². The number of carboxylic acid groups (broad SMARTS) is 1. The quantitative estimate of drug-likeness (QED) is 0.478. The number of hydrogen-bond acceptors (Lipinski definition) is 5. The van der Waals surface area contributed by atoms with Crippen LogP contribution in [-0.4, -0.2) is 65.5 Å². The van der Waals surface area contributed by atoms with Gasteiger partial charge in [-0.3, -0.25) is 24.6 Å². The SMILES string of the molecule is CC(C)NC(=O)NC(=O)CN1CC(=O)NCC1C(=O)O. The summed E-state index contributed by atoms with van der Waals surface area (Å²) in [4.78, 5) is 46.4. The van der Waals surface area contributed by atoms with Gasteiger partial charge in [0, 0.05) is 12.6 Å². The van der Waals surface area contributed by atoms with Crippen LogP contribution in [0.25, 0.3) is 0 Å². The molecule has 1 aliphatic heterocycles. The van der Waals surface area contributed by atoms with E-state index in [1.54, 1.807) is 13.8 Å². The Hall–Kier alpha value is -2.16. The van der Waals surface area contributed by atoms with Crippen LogP contribution in [0.3, 0.4) is 0 Å². The summed E-state index contributed by atoms with van der Waals surface area (Å²) in [5.74, 6) is -2.16. The van der Waals surface area contributed by atoms with Crippen LogP contribution < -0.4 is 16.0 Å². The molecule has 1 rings (SSSR count). The molecule has 0 aliphatic carbocycles. The highest BCUT2D eigenvalue weighted by Crippen LogP contribution is 2.03. The molecule has 9 nitrogen and oxygen atoms in total. The summed E-state index contributed by atoms with van der Waals surface area (Å²) in [6.07, 6.45) is 0.